The summed E-state index contributed by atoms with van der Waals surface area (Å²) < 4.78 is 16.7. The van der Waals surface area contributed by atoms with Gasteiger partial charge in [0.2, 0.25) is 0 Å². The lowest BCUT2D eigenvalue weighted by molar-refractivity contribution is 0.0736. The lowest BCUT2D eigenvalue weighted by Gasteiger charge is -2.19. The van der Waals surface area contributed by atoms with Crippen LogP contribution in [-0.2, 0) is 25.7 Å². The number of aryl methyl sites for hydroxylation is 2. The number of carbonyl (C=O) groups is 1. The molecule has 1 aliphatic rings. The molecule has 1 aliphatic heterocycles. The molecule has 29 heavy (non-hydrogen) atoms. The van der Waals surface area contributed by atoms with Crippen LogP contribution < -0.4 is 0 Å². The number of hydrogen-bond donors (Lipinski definition) is 1. The van der Waals surface area contributed by atoms with Crippen LogP contribution in [0.4, 0.5) is 4.39 Å². The van der Waals surface area contributed by atoms with Gasteiger partial charge in [-0.15, -0.1) is 0 Å². The van der Waals surface area contributed by atoms with Gasteiger partial charge < -0.3 is 10.0 Å². The molecular formula is C22H23FN4O2. The van der Waals surface area contributed by atoms with Gasteiger partial charge in [0.05, 0.1) is 17.8 Å². The van der Waals surface area contributed by atoms with E-state index in [2.05, 4.69) is 10.1 Å². The Morgan fingerprint density at radius 2 is 2.03 bits per heavy atom. The molecule has 0 fully saturated rings. The summed E-state index contributed by atoms with van der Waals surface area (Å²) in [5, 5.41) is 14.8. The van der Waals surface area contributed by atoms with Gasteiger partial charge in [-0.2, -0.15) is 5.10 Å². The zero-order valence-corrected chi connectivity index (χ0v) is 16.9. The van der Waals surface area contributed by atoms with Crippen LogP contribution in [-0.4, -0.2) is 30.7 Å². The van der Waals surface area contributed by atoms with Crippen molar-refractivity contribution in [3.05, 3.63) is 70.6 Å². The molecule has 150 valence electrons. The Balaban J connectivity index is 1.67. The van der Waals surface area contributed by atoms with Crippen LogP contribution in [0.15, 0.2) is 36.7 Å². The minimum absolute atomic E-state index is 0.132. The van der Waals surface area contributed by atoms with Crippen molar-refractivity contribution >= 4 is 5.91 Å². The molecule has 0 aliphatic carbocycles. The predicted molar refractivity (Wildman–Crippen MR) is 106 cm³/mol. The van der Waals surface area contributed by atoms with E-state index < -0.39 is 5.60 Å². The first-order chi connectivity index (χ1) is 13.6. The Hall–Kier alpha value is -3.06. The van der Waals surface area contributed by atoms with Gasteiger partial charge >= 0.3 is 0 Å². The van der Waals surface area contributed by atoms with Gasteiger partial charge in [-0.1, -0.05) is 6.07 Å². The number of rotatable bonds is 4. The molecule has 4 rings (SSSR count). The number of fused-ring (bicyclic) bond motifs is 1. The fourth-order valence-electron chi connectivity index (χ4n) is 3.78. The summed E-state index contributed by atoms with van der Waals surface area (Å²) in [6.07, 6.45) is 3.43. The fraction of sp³-hybridized carbons (Fsp3) is 0.318. The van der Waals surface area contributed by atoms with E-state index >= 15 is 4.39 Å². The topological polar surface area (TPSA) is 71.2 Å². The maximum Gasteiger partial charge on any atom is 0.256 e. The Labute approximate surface area is 168 Å². The zero-order chi connectivity index (χ0) is 20.9. The van der Waals surface area contributed by atoms with Gasteiger partial charge in [-0.3, -0.25) is 14.5 Å². The van der Waals surface area contributed by atoms with E-state index in [1.54, 1.807) is 55.0 Å². The van der Waals surface area contributed by atoms with Crippen molar-refractivity contribution in [2.75, 3.05) is 0 Å². The number of carbonyl (C=O) groups excluding carboxylic acids is 1. The second-order valence-electron chi connectivity index (χ2n) is 8.04. The molecule has 7 heteroatoms. The molecule has 0 bridgehead atoms. The summed E-state index contributed by atoms with van der Waals surface area (Å²) >= 11 is 0. The van der Waals surface area contributed by atoms with E-state index in [1.165, 1.54) is 6.07 Å². The Morgan fingerprint density at radius 3 is 2.69 bits per heavy atom. The fourth-order valence-corrected chi connectivity index (χ4v) is 3.78. The minimum atomic E-state index is -1.15. The first-order valence-electron chi connectivity index (χ1n) is 9.44. The summed E-state index contributed by atoms with van der Waals surface area (Å²) in [6, 6.07) is 6.80. The molecule has 1 N–H and O–H groups in total. The molecule has 0 spiro atoms. The first kappa shape index (κ1) is 19.3. The highest BCUT2D eigenvalue weighted by Crippen LogP contribution is 2.33. The molecule has 0 atom stereocenters. The molecule has 0 radical (unpaired) electrons. The van der Waals surface area contributed by atoms with Crippen molar-refractivity contribution in [1.29, 1.82) is 0 Å². The second-order valence-corrected chi connectivity index (χ2v) is 8.04. The van der Waals surface area contributed by atoms with E-state index in [4.69, 9.17) is 0 Å². The number of nitrogens with zero attached hydrogens (tertiary/aromatic N) is 4. The lowest BCUT2D eigenvalue weighted by Crippen LogP contribution is -2.24. The smallest absolute Gasteiger partial charge is 0.256 e. The Kier molecular flexibility index (Phi) is 4.50. The average molecular weight is 394 g/mol. The van der Waals surface area contributed by atoms with Crippen molar-refractivity contribution in [2.24, 2.45) is 7.05 Å². The number of aromatic nitrogens is 3. The highest BCUT2D eigenvalue weighted by Gasteiger charge is 2.30. The van der Waals surface area contributed by atoms with E-state index in [1.807, 2.05) is 13.0 Å². The number of pyridine rings is 1. The predicted octanol–water partition coefficient (Wildman–Crippen LogP) is 3.31. The normalized spacial score (nSPS) is 13.9. The van der Waals surface area contributed by atoms with E-state index in [0.717, 1.165) is 11.3 Å². The molecule has 2 aromatic heterocycles. The lowest BCUT2D eigenvalue weighted by atomic mass is 9.94. The average Bonchev–Trinajstić information content (AvgIpc) is 3.19. The summed E-state index contributed by atoms with van der Waals surface area (Å²) in [5.74, 6) is -0.519. The molecule has 0 unspecified atom stereocenters. The molecular weight excluding hydrogens is 371 g/mol. The van der Waals surface area contributed by atoms with Crippen LogP contribution in [0.3, 0.4) is 0 Å². The van der Waals surface area contributed by atoms with Gasteiger partial charge in [0.1, 0.15) is 17.1 Å². The van der Waals surface area contributed by atoms with Crippen LogP contribution in [0.1, 0.15) is 46.7 Å². The van der Waals surface area contributed by atoms with Gasteiger partial charge in [-0.25, -0.2) is 4.39 Å². The Morgan fingerprint density at radius 1 is 1.28 bits per heavy atom. The van der Waals surface area contributed by atoms with E-state index in [0.29, 0.717) is 34.5 Å². The van der Waals surface area contributed by atoms with Gasteiger partial charge in [0, 0.05) is 37.1 Å². The second kappa shape index (κ2) is 6.77. The van der Waals surface area contributed by atoms with Crippen molar-refractivity contribution in [2.45, 2.75) is 39.5 Å². The molecule has 0 saturated heterocycles. The third kappa shape index (κ3) is 3.42. The van der Waals surface area contributed by atoms with Gasteiger partial charge in [0.15, 0.2) is 0 Å². The third-order valence-corrected chi connectivity index (χ3v) is 5.24. The molecule has 1 aromatic carbocycles. The zero-order valence-electron chi connectivity index (χ0n) is 16.9. The monoisotopic (exact) mass is 394 g/mol. The van der Waals surface area contributed by atoms with Crippen molar-refractivity contribution in [1.82, 2.24) is 19.7 Å². The molecule has 1 amide bonds. The maximum atomic E-state index is 15.1. The summed E-state index contributed by atoms with van der Waals surface area (Å²) in [5.41, 5.74) is 3.17. The van der Waals surface area contributed by atoms with Crippen LogP contribution in [0.5, 0.6) is 0 Å². The number of halogens is 1. The van der Waals surface area contributed by atoms with Gasteiger partial charge in [-0.05, 0) is 50.1 Å². The molecule has 3 aromatic rings. The number of hydrogen-bond acceptors (Lipinski definition) is 4. The number of aliphatic hydroxyl groups is 1. The quantitative estimate of drug-likeness (QED) is 0.737. The summed E-state index contributed by atoms with van der Waals surface area (Å²) in [7, 11) is 1.76. The molecule has 3 heterocycles. The largest absolute Gasteiger partial charge is 0.384 e. The standard InChI is InChI=1S/C22H23FN4O2/c1-13-8-14(17-10-26(4)25-20(17)22(2,3)29)9-18(23)16(13)11-27-12-19-15(21(27)28)6-5-7-24-19/h5-10,29H,11-12H2,1-4H3. The van der Waals surface area contributed by atoms with Crippen molar-refractivity contribution < 1.29 is 14.3 Å². The number of benzene rings is 1. The molecule has 0 saturated carbocycles. The SMILES string of the molecule is Cc1cc(-c2cn(C)nc2C(C)(C)O)cc(F)c1CN1Cc2ncccc2C1=O. The van der Waals surface area contributed by atoms with Crippen molar-refractivity contribution in [3.8, 4) is 11.1 Å². The van der Waals surface area contributed by atoms with Crippen LogP contribution in [0.2, 0.25) is 0 Å². The van der Waals surface area contributed by atoms with Gasteiger partial charge in [0.25, 0.3) is 5.91 Å². The van der Waals surface area contributed by atoms with Crippen LogP contribution >= 0.6 is 0 Å². The Bertz CT molecular complexity index is 1090. The van der Waals surface area contributed by atoms with E-state index in [9.17, 15) is 9.90 Å². The summed E-state index contributed by atoms with van der Waals surface area (Å²) in [6.45, 7) is 5.69. The van der Waals surface area contributed by atoms with E-state index in [-0.39, 0.29) is 18.3 Å². The van der Waals surface area contributed by atoms with Crippen LogP contribution in [0.25, 0.3) is 11.1 Å². The first-order valence-corrected chi connectivity index (χ1v) is 9.44. The highest BCUT2D eigenvalue weighted by atomic mass is 19.1. The summed E-state index contributed by atoms with van der Waals surface area (Å²) in [4.78, 5) is 18.4. The third-order valence-electron chi connectivity index (χ3n) is 5.24. The highest BCUT2D eigenvalue weighted by molar-refractivity contribution is 5.97. The molecule has 6 nitrogen and oxygen atoms in total. The van der Waals surface area contributed by atoms with Crippen molar-refractivity contribution in [3.63, 3.8) is 0 Å². The number of amides is 1. The maximum absolute atomic E-state index is 15.1. The van der Waals surface area contributed by atoms with Crippen LogP contribution in [0, 0.1) is 12.7 Å². The minimum Gasteiger partial charge on any atom is -0.384 e.